The second-order valence-corrected chi connectivity index (χ2v) is 13.6. The molecule has 0 aliphatic carbocycles. The smallest absolute Gasteiger partial charge is 0.319 e. The first kappa shape index (κ1) is 46.9. The van der Waals surface area contributed by atoms with Crippen LogP contribution in [0.15, 0.2) is 156 Å². The van der Waals surface area contributed by atoms with Crippen molar-refractivity contribution in [1.29, 1.82) is 0 Å². The van der Waals surface area contributed by atoms with Crippen LogP contribution in [-0.2, 0) is 16.8 Å². The van der Waals surface area contributed by atoms with Crippen LogP contribution in [0.25, 0.3) is 33.9 Å². The Morgan fingerprint density at radius 2 is 0.776 bits per heavy atom. The number of nitrogens with zero attached hydrogens (tertiary/aromatic N) is 10. The third-order valence-corrected chi connectivity index (χ3v) is 9.48. The van der Waals surface area contributed by atoms with Gasteiger partial charge in [0, 0.05) is 52.5 Å². The van der Waals surface area contributed by atoms with Gasteiger partial charge in [0.2, 0.25) is 23.3 Å². The van der Waals surface area contributed by atoms with E-state index in [0.29, 0.717) is 46.0 Å². The van der Waals surface area contributed by atoms with Crippen molar-refractivity contribution in [2.75, 3.05) is 0 Å². The van der Waals surface area contributed by atoms with Crippen LogP contribution in [0.5, 0.6) is 23.3 Å². The monoisotopic (exact) mass is 949 g/mol. The van der Waals surface area contributed by atoms with Crippen molar-refractivity contribution in [2.24, 2.45) is 9.98 Å². The Kier molecular flexibility index (Phi) is 14.2. The zero-order valence-corrected chi connectivity index (χ0v) is 34.9. The molecule has 0 amide bonds. The Balaban J connectivity index is 0.000000218. The summed E-state index contributed by atoms with van der Waals surface area (Å²) in [5, 5.41) is 95.9. The Bertz CT molecular complexity index is 2990. The molecular weight excluding hydrogens is 919 g/mol. The zero-order chi connectivity index (χ0) is 47.1. The van der Waals surface area contributed by atoms with Gasteiger partial charge >= 0.3 is 11.4 Å². The van der Waals surface area contributed by atoms with Gasteiger partial charge in [0.15, 0.2) is 0 Å². The summed E-state index contributed by atoms with van der Waals surface area (Å²) in [4.78, 5) is 49.2. The van der Waals surface area contributed by atoms with Gasteiger partial charge in [-0.2, -0.15) is 10.2 Å². The molecule has 0 aliphatic heterocycles. The molecular formula is C44H30CoN10O12. The van der Waals surface area contributed by atoms with Gasteiger partial charge in [-0.15, -0.1) is 0 Å². The van der Waals surface area contributed by atoms with Crippen LogP contribution < -0.4 is 0 Å². The van der Waals surface area contributed by atoms with Gasteiger partial charge in [-0.1, -0.05) is 97.1 Å². The molecule has 22 nitrogen and oxygen atoms in total. The normalized spacial score (nSPS) is 10.9. The summed E-state index contributed by atoms with van der Waals surface area (Å²) in [5.74, 6) is -2.22. The first-order chi connectivity index (χ1) is 31.7. The second kappa shape index (κ2) is 20.3. The molecule has 0 aliphatic rings. The third-order valence-electron chi connectivity index (χ3n) is 9.48. The molecule has 8 rings (SSSR count). The number of rotatable bonds is 12. The van der Waals surface area contributed by atoms with Gasteiger partial charge in [-0.3, -0.25) is 50.4 Å². The molecule has 67 heavy (non-hydrogen) atoms. The van der Waals surface area contributed by atoms with Gasteiger partial charge in [-0.05, 0) is 24.3 Å². The number of aliphatic imine (C=N–C) groups is 2. The van der Waals surface area contributed by atoms with E-state index in [1.54, 1.807) is 97.1 Å². The average molecular weight is 950 g/mol. The molecule has 6 aromatic carbocycles. The molecule has 0 saturated carbocycles. The van der Waals surface area contributed by atoms with E-state index < -0.39 is 65.3 Å². The fourth-order valence-corrected chi connectivity index (χ4v) is 6.33. The second-order valence-electron chi connectivity index (χ2n) is 13.6. The fraction of sp³-hybridized carbons (Fsp3) is 0. The van der Waals surface area contributed by atoms with E-state index in [1.807, 2.05) is 24.3 Å². The van der Waals surface area contributed by atoms with Crippen LogP contribution in [-0.4, -0.2) is 72.1 Å². The summed E-state index contributed by atoms with van der Waals surface area (Å²) in [6, 6.07) is 38.6. The van der Waals surface area contributed by atoms with E-state index >= 15 is 0 Å². The molecule has 0 saturated heterocycles. The van der Waals surface area contributed by atoms with E-state index in [4.69, 9.17) is 0 Å². The number of phenolic OH excluding ortho intramolecular Hbond substituents is 2. The number of nitro groups is 4. The van der Waals surface area contributed by atoms with Crippen molar-refractivity contribution in [3.05, 3.63) is 197 Å². The molecule has 1 radical (unpaired) electrons. The van der Waals surface area contributed by atoms with Crippen molar-refractivity contribution < 1.29 is 56.9 Å². The number of aromatic nitrogens is 4. The average Bonchev–Trinajstić information content (AvgIpc) is 3.84. The van der Waals surface area contributed by atoms with Crippen LogP contribution in [0.1, 0.15) is 11.1 Å². The number of para-hydroxylation sites is 2. The fourth-order valence-electron chi connectivity index (χ4n) is 6.33. The molecule has 4 N–H and O–H groups in total. The van der Waals surface area contributed by atoms with E-state index in [-0.39, 0.29) is 39.7 Å². The van der Waals surface area contributed by atoms with Crippen molar-refractivity contribution in [3.63, 3.8) is 0 Å². The van der Waals surface area contributed by atoms with Crippen LogP contribution >= 0.6 is 0 Å². The van der Waals surface area contributed by atoms with Crippen molar-refractivity contribution in [1.82, 2.24) is 19.6 Å². The predicted octanol–water partition coefficient (Wildman–Crippen LogP) is 9.03. The Labute approximate surface area is 386 Å². The first-order valence-corrected chi connectivity index (χ1v) is 19.0. The van der Waals surface area contributed by atoms with Crippen molar-refractivity contribution >= 4 is 46.6 Å². The summed E-state index contributed by atoms with van der Waals surface area (Å²) in [7, 11) is 0. The van der Waals surface area contributed by atoms with Crippen LogP contribution in [0.4, 0.5) is 34.1 Å². The molecule has 337 valence electrons. The number of phenols is 2. The minimum Gasteiger partial charge on any atom is -0.501 e. The van der Waals surface area contributed by atoms with Crippen LogP contribution in [0.2, 0.25) is 0 Å². The summed E-state index contributed by atoms with van der Waals surface area (Å²) in [5.41, 5.74) is -0.301. The maximum Gasteiger partial charge on any atom is 0.319 e. The van der Waals surface area contributed by atoms with Crippen molar-refractivity contribution in [3.8, 4) is 57.1 Å². The van der Waals surface area contributed by atoms with Gasteiger partial charge in [0.25, 0.3) is 11.4 Å². The number of nitro benzene ring substituents is 4. The van der Waals surface area contributed by atoms with Crippen molar-refractivity contribution in [2.45, 2.75) is 0 Å². The first-order valence-electron chi connectivity index (χ1n) is 19.0. The Morgan fingerprint density at radius 3 is 1.07 bits per heavy atom. The molecule has 8 aromatic rings. The largest absolute Gasteiger partial charge is 0.501 e. The van der Waals surface area contributed by atoms with E-state index in [9.17, 15) is 60.9 Å². The number of non-ortho nitro benzene ring substituents is 2. The molecule has 0 spiro atoms. The molecule has 2 heterocycles. The van der Waals surface area contributed by atoms with Crippen LogP contribution in [0, 0.1) is 40.5 Å². The van der Waals surface area contributed by atoms with Gasteiger partial charge in [0.05, 0.1) is 54.3 Å². The molecule has 0 bridgehead atoms. The Morgan fingerprint density at radius 1 is 0.463 bits per heavy atom. The minimum absolute atomic E-state index is 0. The number of benzene rings is 6. The zero-order valence-electron chi connectivity index (χ0n) is 33.9. The Hall–Kier alpha value is -9.61. The number of hydrogen-bond acceptors (Lipinski definition) is 16. The summed E-state index contributed by atoms with van der Waals surface area (Å²) in [6.07, 6.45) is 2.29. The predicted molar refractivity (Wildman–Crippen MR) is 239 cm³/mol. The maximum atomic E-state index is 11.2. The minimum atomic E-state index is -0.943. The van der Waals surface area contributed by atoms with Gasteiger partial charge < -0.3 is 20.4 Å². The molecule has 23 heteroatoms. The topological polar surface area (TPSA) is 314 Å². The standard InChI is InChI=1S/2C22H15N5O6.Co/c2*28-21-18(11-16(26(30)31)12-19(21)27(32)33)23-13-17-20(14-7-3-1-4-8-14)24-25(22(17)29)15-9-5-2-6-10-15;/h2*1-13,28-29H;. The summed E-state index contributed by atoms with van der Waals surface area (Å²) in [6.45, 7) is 0. The van der Waals surface area contributed by atoms with Crippen LogP contribution in [0.3, 0.4) is 0 Å². The number of aromatic hydroxyl groups is 4. The SMILES string of the molecule is O=[N+]([O-])c1cc(N=Cc2c(-c3ccccc3)nn(-c3ccccc3)c2O)c(O)c([N+](=O)[O-])c1.O=[N+]([O-])c1cc(N=Cc2c(-c3ccccc3)nn(-c3ccccc3)c2O)c(O)c([N+](=O)[O-])c1.[Co]. The summed E-state index contributed by atoms with van der Waals surface area (Å²) < 4.78 is 2.58. The van der Waals surface area contributed by atoms with Gasteiger partial charge in [0.1, 0.15) is 22.8 Å². The molecule has 0 atom stereocenters. The maximum absolute atomic E-state index is 11.2. The molecule has 0 fully saturated rings. The molecule has 2 aromatic heterocycles. The van der Waals surface area contributed by atoms with E-state index in [2.05, 4.69) is 20.2 Å². The summed E-state index contributed by atoms with van der Waals surface area (Å²) >= 11 is 0. The molecule has 0 unspecified atom stereocenters. The number of hydrogen-bond donors (Lipinski definition) is 4. The third kappa shape index (κ3) is 10.1. The van der Waals surface area contributed by atoms with E-state index in [1.165, 1.54) is 9.36 Å². The van der Waals surface area contributed by atoms with Gasteiger partial charge in [-0.25, -0.2) is 9.36 Å². The van der Waals surface area contributed by atoms with E-state index in [0.717, 1.165) is 24.6 Å². The quantitative estimate of drug-likeness (QED) is 0.0504.